The summed E-state index contributed by atoms with van der Waals surface area (Å²) in [6.45, 7) is 3.07. The van der Waals surface area contributed by atoms with Crippen molar-refractivity contribution in [2.45, 2.75) is 51.9 Å². The van der Waals surface area contributed by atoms with Gasteiger partial charge >= 0.3 is 0 Å². The van der Waals surface area contributed by atoms with Crippen LogP contribution in [0.5, 0.6) is 5.75 Å². The van der Waals surface area contributed by atoms with Crippen molar-refractivity contribution in [3.8, 4) is 5.75 Å². The van der Waals surface area contributed by atoms with E-state index in [0.29, 0.717) is 0 Å². The normalized spacial score (nSPS) is 25.8. The minimum absolute atomic E-state index is 0.262. The first-order valence-corrected chi connectivity index (χ1v) is 8.94. The summed E-state index contributed by atoms with van der Waals surface area (Å²) < 4.78 is 6.65. The highest BCUT2D eigenvalue weighted by Gasteiger charge is 2.34. The quantitative estimate of drug-likeness (QED) is 0.786. The Morgan fingerprint density at radius 1 is 1.33 bits per heavy atom. The largest absolute Gasteiger partial charge is 0.496 e. The molecular formula is C18H28BrNO. The van der Waals surface area contributed by atoms with Crippen LogP contribution in [0.2, 0.25) is 0 Å². The average molecular weight is 354 g/mol. The maximum Gasteiger partial charge on any atom is 0.122 e. The molecule has 1 aliphatic carbocycles. The molecule has 2 rings (SSSR count). The summed E-state index contributed by atoms with van der Waals surface area (Å²) in [4.78, 5) is 0. The SMILES string of the molecule is CCCC1CCC(CN)(Cc2cc(Br)ccc2OC)CC1. The molecule has 0 spiro atoms. The molecule has 0 bridgehead atoms. The third-order valence-corrected chi connectivity index (χ3v) is 5.60. The van der Waals surface area contributed by atoms with E-state index < -0.39 is 0 Å². The predicted octanol–water partition coefficient (Wildman–Crippen LogP) is 4.94. The van der Waals surface area contributed by atoms with E-state index in [1.54, 1.807) is 7.11 Å². The number of nitrogens with two attached hydrogens (primary N) is 1. The molecule has 1 aromatic carbocycles. The Morgan fingerprint density at radius 3 is 2.62 bits per heavy atom. The van der Waals surface area contributed by atoms with Crippen LogP contribution in [0.15, 0.2) is 22.7 Å². The molecule has 1 fully saturated rings. The fourth-order valence-corrected chi connectivity index (χ4v) is 4.14. The maximum absolute atomic E-state index is 6.18. The average Bonchev–Trinajstić information content (AvgIpc) is 2.50. The number of rotatable bonds is 6. The van der Waals surface area contributed by atoms with Crippen molar-refractivity contribution in [1.82, 2.24) is 0 Å². The van der Waals surface area contributed by atoms with E-state index in [-0.39, 0.29) is 5.41 Å². The lowest BCUT2D eigenvalue weighted by molar-refractivity contribution is 0.149. The molecule has 21 heavy (non-hydrogen) atoms. The van der Waals surface area contributed by atoms with E-state index in [4.69, 9.17) is 10.5 Å². The van der Waals surface area contributed by atoms with Gasteiger partial charge in [0.2, 0.25) is 0 Å². The topological polar surface area (TPSA) is 35.2 Å². The maximum atomic E-state index is 6.18. The van der Waals surface area contributed by atoms with Crippen LogP contribution in [-0.2, 0) is 6.42 Å². The molecule has 1 saturated carbocycles. The van der Waals surface area contributed by atoms with Gasteiger partial charge in [-0.3, -0.25) is 0 Å². The molecule has 0 amide bonds. The van der Waals surface area contributed by atoms with E-state index in [2.05, 4.69) is 28.9 Å². The zero-order valence-electron chi connectivity index (χ0n) is 13.3. The van der Waals surface area contributed by atoms with Gasteiger partial charge in [0, 0.05) is 4.47 Å². The fraction of sp³-hybridized carbons (Fsp3) is 0.667. The minimum atomic E-state index is 0.262. The standard InChI is InChI=1S/C18H28BrNO/c1-3-4-14-7-9-18(13-20,10-8-14)12-15-11-16(19)5-6-17(15)21-2/h5-6,11,14H,3-4,7-10,12-13,20H2,1-2H3. The van der Waals surface area contributed by atoms with E-state index in [9.17, 15) is 0 Å². The van der Waals surface area contributed by atoms with Gasteiger partial charge in [-0.05, 0) is 73.7 Å². The van der Waals surface area contributed by atoms with Gasteiger partial charge in [-0.15, -0.1) is 0 Å². The molecule has 0 heterocycles. The van der Waals surface area contributed by atoms with Gasteiger partial charge in [-0.1, -0.05) is 35.7 Å². The van der Waals surface area contributed by atoms with Gasteiger partial charge < -0.3 is 10.5 Å². The van der Waals surface area contributed by atoms with Crippen molar-refractivity contribution >= 4 is 15.9 Å². The van der Waals surface area contributed by atoms with Gasteiger partial charge in [-0.2, -0.15) is 0 Å². The predicted molar refractivity (Wildman–Crippen MR) is 92.8 cm³/mol. The molecule has 1 aromatic rings. The zero-order chi connectivity index (χ0) is 15.3. The van der Waals surface area contributed by atoms with E-state index in [1.807, 2.05) is 12.1 Å². The number of halogens is 1. The molecule has 118 valence electrons. The second-order valence-corrected chi connectivity index (χ2v) is 7.48. The van der Waals surface area contributed by atoms with Crippen molar-refractivity contribution in [2.75, 3.05) is 13.7 Å². The number of benzene rings is 1. The molecule has 0 radical (unpaired) electrons. The summed E-state index contributed by atoms with van der Waals surface area (Å²) in [6.07, 6.45) is 8.89. The highest BCUT2D eigenvalue weighted by atomic mass is 79.9. The highest BCUT2D eigenvalue weighted by Crippen LogP contribution is 2.43. The molecule has 3 heteroatoms. The summed E-state index contributed by atoms with van der Waals surface area (Å²) in [5.41, 5.74) is 7.73. The monoisotopic (exact) mass is 353 g/mol. The van der Waals surface area contributed by atoms with Gasteiger partial charge in [0.1, 0.15) is 5.75 Å². The number of ether oxygens (including phenoxy) is 1. The summed E-state index contributed by atoms with van der Waals surface area (Å²) >= 11 is 3.57. The first-order valence-electron chi connectivity index (χ1n) is 8.15. The van der Waals surface area contributed by atoms with Crippen LogP contribution in [0, 0.1) is 11.3 Å². The molecular weight excluding hydrogens is 326 g/mol. The lowest BCUT2D eigenvalue weighted by atomic mass is 9.66. The van der Waals surface area contributed by atoms with E-state index >= 15 is 0 Å². The van der Waals surface area contributed by atoms with Gasteiger partial charge in [0.15, 0.2) is 0 Å². The first-order chi connectivity index (χ1) is 10.1. The highest BCUT2D eigenvalue weighted by molar-refractivity contribution is 9.10. The Kier molecular flexibility index (Phi) is 6.12. The number of hydrogen-bond donors (Lipinski definition) is 1. The van der Waals surface area contributed by atoms with Crippen LogP contribution in [-0.4, -0.2) is 13.7 Å². The second-order valence-electron chi connectivity index (χ2n) is 6.57. The van der Waals surface area contributed by atoms with Crippen molar-refractivity contribution in [1.29, 1.82) is 0 Å². The van der Waals surface area contributed by atoms with Crippen molar-refractivity contribution in [2.24, 2.45) is 17.1 Å². The lowest BCUT2D eigenvalue weighted by Crippen LogP contribution is -2.37. The fourth-order valence-electron chi connectivity index (χ4n) is 3.73. The molecule has 0 atom stereocenters. The Morgan fingerprint density at radius 2 is 2.05 bits per heavy atom. The molecule has 2 nitrogen and oxygen atoms in total. The van der Waals surface area contributed by atoms with Crippen LogP contribution >= 0.6 is 15.9 Å². The van der Waals surface area contributed by atoms with Gasteiger partial charge in [0.25, 0.3) is 0 Å². The molecule has 0 aromatic heterocycles. The van der Waals surface area contributed by atoms with Crippen LogP contribution < -0.4 is 10.5 Å². The third kappa shape index (κ3) is 4.23. The number of methoxy groups -OCH3 is 1. The Balaban J connectivity index is 2.11. The van der Waals surface area contributed by atoms with Crippen molar-refractivity contribution < 1.29 is 4.74 Å². The molecule has 2 N–H and O–H groups in total. The van der Waals surface area contributed by atoms with Crippen LogP contribution in [0.1, 0.15) is 51.0 Å². The van der Waals surface area contributed by atoms with Gasteiger partial charge in [-0.25, -0.2) is 0 Å². The van der Waals surface area contributed by atoms with Crippen LogP contribution in [0.25, 0.3) is 0 Å². The molecule has 0 saturated heterocycles. The summed E-state index contributed by atoms with van der Waals surface area (Å²) in [5, 5.41) is 0. The van der Waals surface area contributed by atoms with Crippen LogP contribution in [0.3, 0.4) is 0 Å². The van der Waals surface area contributed by atoms with Gasteiger partial charge in [0.05, 0.1) is 7.11 Å². The summed E-state index contributed by atoms with van der Waals surface area (Å²) in [5.74, 6) is 1.90. The van der Waals surface area contributed by atoms with E-state index in [0.717, 1.165) is 29.1 Å². The number of hydrogen-bond acceptors (Lipinski definition) is 2. The lowest BCUT2D eigenvalue weighted by Gasteiger charge is -2.40. The smallest absolute Gasteiger partial charge is 0.122 e. The Labute approximate surface area is 137 Å². The molecule has 0 unspecified atom stereocenters. The first kappa shape index (κ1) is 16.8. The minimum Gasteiger partial charge on any atom is -0.496 e. The second kappa shape index (κ2) is 7.64. The Bertz CT molecular complexity index is 453. The summed E-state index contributed by atoms with van der Waals surface area (Å²) in [6, 6.07) is 6.27. The van der Waals surface area contributed by atoms with E-state index in [1.165, 1.54) is 44.1 Å². The zero-order valence-corrected chi connectivity index (χ0v) is 14.9. The Hall–Kier alpha value is -0.540. The molecule has 0 aliphatic heterocycles. The van der Waals surface area contributed by atoms with Crippen molar-refractivity contribution in [3.63, 3.8) is 0 Å². The summed E-state index contributed by atoms with van der Waals surface area (Å²) in [7, 11) is 1.75. The van der Waals surface area contributed by atoms with Crippen molar-refractivity contribution in [3.05, 3.63) is 28.2 Å². The molecule has 1 aliphatic rings. The van der Waals surface area contributed by atoms with Crippen LogP contribution in [0.4, 0.5) is 0 Å². The third-order valence-electron chi connectivity index (χ3n) is 5.10.